The van der Waals surface area contributed by atoms with Gasteiger partial charge in [0.05, 0.1) is 18.2 Å². The first-order chi connectivity index (χ1) is 7.44. The Hall–Kier alpha value is -0.610. The van der Waals surface area contributed by atoms with Crippen molar-refractivity contribution in [3.8, 4) is 0 Å². The molecule has 0 spiro atoms. The average Bonchev–Trinajstić information content (AvgIpc) is 2.75. The number of carbonyl (C=O) groups is 1. The second-order valence-electron chi connectivity index (χ2n) is 5.77. The van der Waals surface area contributed by atoms with Crippen molar-refractivity contribution in [2.75, 3.05) is 0 Å². The highest BCUT2D eigenvalue weighted by Gasteiger charge is 2.41. The quantitative estimate of drug-likeness (QED) is 0.750. The van der Waals surface area contributed by atoms with Crippen LogP contribution in [0.1, 0.15) is 46.0 Å². The fourth-order valence-electron chi connectivity index (χ4n) is 2.50. The second-order valence-corrected chi connectivity index (χ2v) is 5.77. The third-order valence-electron chi connectivity index (χ3n) is 3.45. The molecular formula is C12H22N2O2. The number of nitrogens with one attached hydrogen (secondary N) is 1. The molecule has 2 rings (SSSR count). The van der Waals surface area contributed by atoms with Crippen molar-refractivity contribution in [3.05, 3.63) is 0 Å². The molecule has 2 saturated heterocycles. The van der Waals surface area contributed by atoms with Crippen molar-refractivity contribution >= 4 is 5.91 Å². The monoisotopic (exact) mass is 226 g/mol. The molecule has 92 valence electrons. The maximum atomic E-state index is 11.7. The smallest absolute Gasteiger partial charge is 0.220 e. The summed E-state index contributed by atoms with van der Waals surface area (Å²) in [4.78, 5) is 11.7. The Morgan fingerprint density at radius 3 is 2.75 bits per heavy atom. The zero-order valence-corrected chi connectivity index (χ0v) is 10.2. The van der Waals surface area contributed by atoms with E-state index in [4.69, 9.17) is 10.5 Å². The van der Waals surface area contributed by atoms with Gasteiger partial charge in [0.1, 0.15) is 0 Å². The summed E-state index contributed by atoms with van der Waals surface area (Å²) in [6, 6.07) is 0.243. The lowest BCUT2D eigenvalue weighted by Gasteiger charge is -2.22. The molecule has 0 aliphatic carbocycles. The number of carbonyl (C=O) groups excluding carboxylic acids is 1. The van der Waals surface area contributed by atoms with E-state index in [0.717, 1.165) is 25.7 Å². The van der Waals surface area contributed by atoms with E-state index in [1.54, 1.807) is 0 Å². The van der Waals surface area contributed by atoms with Gasteiger partial charge < -0.3 is 15.8 Å². The van der Waals surface area contributed by atoms with E-state index in [0.29, 0.717) is 12.5 Å². The number of hydrogen-bond acceptors (Lipinski definition) is 3. The van der Waals surface area contributed by atoms with Gasteiger partial charge in [0, 0.05) is 12.0 Å². The maximum absolute atomic E-state index is 11.7. The molecule has 3 N–H and O–H groups in total. The van der Waals surface area contributed by atoms with Crippen LogP contribution in [0.2, 0.25) is 0 Å². The predicted octanol–water partition coefficient (Wildman–Crippen LogP) is 0.940. The first-order valence-corrected chi connectivity index (χ1v) is 6.18. The van der Waals surface area contributed by atoms with E-state index in [9.17, 15) is 4.79 Å². The van der Waals surface area contributed by atoms with Gasteiger partial charge in [-0.1, -0.05) is 0 Å². The number of ether oxygens (including phenoxy) is 1. The minimum atomic E-state index is -0.261. The molecule has 4 nitrogen and oxygen atoms in total. The van der Waals surface area contributed by atoms with Crippen LogP contribution in [0.25, 0.3) is 0 Å². The molecule has 0 aromatic rings. The van der Waals surface area contributed by atoms with Crippen molar-refractivity contribution in [1.82, 2.24) is 5.32 Å². The summed E-state index contributed by atoms with van der Waals surface area (Å²) in [6.07, 6.45) is 5.13. The van der Waals surface area contributed by atoms with Gasteiger partial charge in [-0.15, -0.1) is 0 Å². The number of amides is 1. The normalized spacial score (nSPS) is 33.1. The van der Waals surface area contributed by atoms with E-state index in [2.05, 4.69) is 5.32 Å². The van der Waals surface area contributed by atoms with Crippen molar-refractivity contribution in [2.24, 2.45) is 5.73 Å². The summed E-state index contributed by atoms with van der Waals surface area (Å²) in [5.41, 5.74) is 5.59. The molecule has 0 aromatic heterocycles. The van der Waals surface area contributed by atoms with Gasteiger partial charge in [-0.25, -0.2) is 0 Å². The molecule has 2 fully saturated rings. The summed E-state index contributed by atoms with van der Waals surface area (Å²) in [5, 5.41) is 3.06. The number of hydrogen-bond donors (Lipinski definition) is 2. The fourth-order valence-corrected chi connectivity index (χ4v) is 2.50. The first kappa shape index (κ1) is 11.9. The van der Waals surface area contributed by atoms with Crippen LogP contribution >= 0.6 is 0 Å². The first-order valence-electron chi connectivity index (χ1n) is 6.18. The highest BCUT2D eigenvalue weighted by molar-refractivity contribution is 5.76. The lowest BCUT2D eigenvalue weighted by atomic mass is 9.95. The van der Waals surface area contributed by atoms with E-state index in [1.807, 2.05) is 13.8 Å². The average molecular weight is 226 g/mol. The number of fused-ring (bicyclic) bond motifs is 2. The van der Waals surface area contributed by atoms with E-state index < -0.39 is 0 Å². The van der Waals surface area contributed by atoms with Crippen LogP contribution in [0.3, 0.4) is 0 Å². The molecule has 2 aliphatic heterocycles. The topological polar surface area (TPSA) is 64.4 Å². The lowest BCUT2D eigenvalue weighted by molar-refractivity contribution is -0.122. The Labute approximate surface area is 96.9 Å². The van der Waals surface area contributed by atoms with Crippen LogP contribution in [-0.4, -0.2) is 29.7 Å². The van der Waals surface area contributed by atoms with Crippen LogP contribution in [0.5, 0.6) is 0 Å². The molecule has 2 aliphatic rings. The molecule has 3 atom stereocenters. The van der Waals surface area contributed by atoms with Crippen molar-refractivity contribution in [1.29, 1.82) is 0 Å². The van der Waals surface area contributed by atoms with Gasteiger partial charge in [-0.2, -0.15) is 0 Å². The molecule has 4 heteroatoms. The molecular weight excluding hydrogens is 204 g/mol. The molecule has 0 saturated carbocycles. The molecule has 2 heterocycles. The van der Waals surface area contributed by atoms with Gasteiger partial charge in [0.2, 0.25) is 5.91 Å². The third-order valence-corrected chi connectivity index (χ3v) is 3.45. The molecule has 0 radical (unpaired) electrons. The second kappa shape index (κ2) is 4.34. The summed E-state index contributed by atoms with van der Waals surface area (Å²) in [7, 11) is 0. The number of rotatable bonds is 4. The minimum absolute atomic E-state index is 0.111. The highest BCUT2D eigenvalue weighted by Crippen LogP contribution is 2.34. The summed E-state index contributed by atoms with van der Waals surface area (Å²) in [5.74, 6) is 0.111. The molecule has 16 heavy (non-hydrogen) atoms. The van der Waals surface area contributed by atoms with Crippen LogP contribution in [0, 0.1) is 0 Å². The van der Waals surface area contributed by atoms with Crippen molar-refractivity contribution in [3.63, 3.8) is 0 Å². The van der Waals surface area contributed by atoms with E-state index >= 15 is 0 Å². The van der Waals surface area contributed by atoms with Gasteiger partial charge in [-0.05, 0) is 39.5 Å². The van der Waals surface area contributed by atoms with Gasteiger partial charge in [0.15, 0.2) is 0 Å². The van der Waals surface area contributed by atoms with Gasteiger partial charge in [0.25, 0.3) is 0 Å². The minimum Gasteiger partial charge on any atom is -0.373 e. The van der Waals surface area contributed by atoms with E-state index in [-0.39, 0.29) is 23.6 Å². The SMILES string of the molecule is CC(C)(N)CCC(=O)NC1CC2CCC1O2. The summed E-state index contributed by atoms with van der Waals surface area (Å²) in [6.45, 7) is 3.89. The Bertz CT molecular complexity index is 273. The summed E-state index contributed by atoms with van der Waals surface area (Å²) >= 11 is 0. The lowest BCUT2D eigenvalue weighted by Crippen LogP contribution is -2.42. The Kier molecular flexibility index (Phi) is 3.22. The molecule has 3 unspecified atom stereocenters. The van der Waals surface area contributed by atoms with Crippen LogP contribution in [0.4, 0.5) is 0 Å². The molecule has 1 amide bonds. The van der Waals surface area contributed by atoms with Gasteiger partial charge >= 0.3 is 0 Å². The third kappa shape index (κ3) is 2.95. The maximum Gasteiger partial charge on any atom is 0.220 e. The Balaban J connectivity index is 1.72. The van der Waals surface area contributed by atoms with Crippen molar-refractivity contribution < 1.29 is 9.53 Å². The summed E-state index contributed by atoms with van der Waals surface area (Å²) < 4.78 is 5.69. The Morgan fingerprint density at radius 1 is 1.50 bits per heavy atom. The highest BCUT2D eigenvalue weighted by atomic mass is 16.5. The fraction of sp³-hybridized carbons (Fsp3) is 0.917. The zero-order chi connectivity index (χ0) is 11.8. The van der Waals surface area contributed by atoms with Crippen LogP contribution < -0.4 is 11.1 Å². The zero-order valence-electron chi connectivity index (χ0n) is 10.2. The van der Waals surface area contributed by atoms with Gasteiger partial charge in [-0.3, -0.25) is 4.79 Å². The van der Waals surface area contributed by atoms with Crippen LogP contribution in [0.15, 0.2) is 0 Å². The van der Waals surface area contributed by atoms with Crippen LogP contribution in [-0.2, 0) is 9.53 Å². The van der Waals surface area contributed by atoms with Crippen molar-refractivity contribution in [2.45, 2.75) is 69.7 Å². The largest absolute Gasteiger partial charge is 0.373 e. The molecule has 2 bridgehead atoms. The molecule has 0 aromatic carbocycles. The standard InChI is InChI=1S/C12H22N2O2/c1-12(2,13)6-5-11(15)14-9-7-8-3-4-10(9)16-8/h8-10H,3-7,13H2,1-2H3,(H,14,15). The van der Waals surface area contributed by atoms with E-state index in [1.165, 1.54) is 0 Å². The predicted molar refractivity (Wildman–Crippen MR) is 61.9 cm³/mol. The Morgan fingerprint density at radius 2 is 2.25 bits per heavy atom. The number of nitrogens with two attached hydrogens (primary N) is 1.